The molecule has 0 spiro atoms. The van der Waals surface area contributed by atoms with Crippen LogP contribution in [0.5, 0.6) is 28.7 Å². The van der Waals surface area contributed by atoms with E-state index in [9.17, 15) is 59.4 Å². The van der Waals surface area contributed by atoms with Crippen LogP contribution < -0.4 is 23.7 Å². The third-order valence-corrected chi connectivity index (χ3v) is 13.3. The van der Waals surface area contributed by atoms with Crippen molar-refractivity contribution in [3.63, 3.8) is 0 Å². The van der Waals surface area contributed by atoms with Gasteiger partial charge in [-0.2, -0.15) is 0 Å². The number of carboxylic acids is 6. The number of unbranched alkanes of at least 4 members (excludes halogenated alkanes) is 2. The molecule has 5 aromatic carbocycles. The molecule has 22 heteroatoms. The number of rotatable bonds is 43. The van der Waals surface area contributed by atoms with Crippen LogP contribution in [-0.2, 0) is 84.0 Å². The molecule has 0 aliphatic heterocycles. The topological polar surface area (TPSA) is 298 Å². The van der Waals surface area contributed by atoms with Gasteiger partial charge in [-0.15, -0.1) is 0 Å². The molecule has 5 rings (SSSR count). The van der Waals surface area contributed by atoms with E-state index < -0.39 is 80.7 Å². The van der Waals surface area contributed by atoms with Crippen LogP contribution in [0.15, 0.2) is 109 Å². The Bertz CT molecular complexity index is 2830. The van der Waals surface area contributed by atoms with Crippen molar-refractivity contribution in [3.05, 3.63) is 148 Å². The Kier molecular flexibility index (Phi) is 28.2. The molecule has 0 heterocycles. The normalized spacial score (nSPS) is 12.0. The number of aryl methyl sites for hydroxylation is 2. The first-order valence-corrected chi connectivity index (χ1v) is 27.7. The van der Waals surface area contributed by atoms with Crippen molar-refractivity contribution < 1.29 is 92.9 Å². The maximum Gasteiger partial charge on any atom is 0.317 e. The molecule has 5 aromatic rings. The van der Waals surface area contributed by atoms with Crippen LogP contribution in [0.4, 0.5) is 0 Å². The molecule has 0 amide bonds. The van der Waals surface area contributed by atoms with Gasteiger partial charge in [0.25, 0.3) is 0 Å². The van der Waals surface area contributed by atoms with E-state index >= 15 is 0 Å². The van der Waals surface area contributed by atoms with E-state index in [1.807, 2.05) is 24.3 Å². The fraction of sp³-hybridized carbons (Fsp3) is 0.419. The van der Waals surface area contributed by atoms with Gasteiger partial charge in [0.15, 0.2) is 6.10 Å². The van der Waals surface area contributed by atoms with Gasteiger partial charge in [0.2, 0.25) is 0 Å². The SMILES string of the molecule is CCCCc1ccc(COc2ccc(OCC(COc3ccc(OCc4ccc(CCCC)cc4)cc3CC(=O)O)Oc3ccc(CC(CN(CCN(CC(=O)O)CC(=O)O)CC(=O)O)N(CC(=O)O)CC(=O)O)cc3)c(COOC)c2)cc1. The first-order valence-electron chi connectivity index (χ1n) is 27.7. The average molecular weight is 1170 g/mol. The first kappa shape index (κ1) is 66.5. The zero-order chi connectivity index (χ0) is 60.8. The fourth-order valence-electron chi connectivity index (χ4n) is 9.03. The summed E-state index contributed by atoms with van der Waals surface area (Å²) in [6.07, 6.45) is 5.11. The summed E-state index contributed by atoms with van der Waals surface area (Å²) < 4.78 is 31.5. The minimum Gasteiger partial charge on any atom is -0.489 e. The van der Waals surface area contributed by atoms with E-state index in [0.29, 0.717) is 46.3 Å². The van der Waals surface area contributed by atoms with Gasteiger partial charge in [0.05, 0.1) is 46.3 Å². The lowest BCUT2D eigenvalue weighted by molar-refractivity contribution is -0.282. The number of nitrogens with zero attached hydrogens (tertiary/aromatic N) is 3. The molecule has 6 N–H and O–H groups in total. The Hall–Kier alpha value is -8.28. The van der Waals surface area contributed by atoms with Crippen molar-refractivity contribution in [2.24, 2.45) is 0 Å². The van der Waals surface area contributed by atoms with Gasteiger partial charge >= 0.3 is 35.8 Å². The summed E-state index contributed by atoms with van der Waals surface area (Å²) in [4.78, 5) is 85.4. The standard InChI is InChI=1S/C62H77N3O19/c1-4-6-8-43-10-14-46(15-11-43)38-79-52-22-24-55(48(29-52)31-57(66)67)81-41-54(42-82-56-25-23-53(30-49(56)40-83-78-3)80-39-47-16-12-44(13-17-47)9-7-5-2)84-51-20-18-45(19-21-51)28-50(65(36-61(74)75)37-62(76)77)32-63(33-58(68)69)26-27-64(34-59(70)71)35-60(72)73/h10-25,29-30,50,54H,4-9,26-28,31-42H2,1-3H3,(H,66,67)(H,68,69)(H,70,71)(H,72,73)(H,74,75)(H,76,77). The Morgan fingerprint density at radius 1 is 0.464 bits per heavy atom. The number of carbonyl (C=O) groups is 6. The van der Waals surface area contributed by atoms with E-state index in [1.165, 1.54) is 28.0 Å². The lowest BCUT2D eigenvalue weighted by Gasteiger charge is -2.34. The minimum atomic E-state index is -1.35. The van der Waals surface area contributed by atoms with Gasteiger partial charge in [-0.1, -0.05) is 87.4 Å². The average Bonchev–Trinajstić information content (AvgIpc) is 3.67. The molecule has 0 saturated heterocycles. The third-order valence-electron chi connectivity index (χ3n) is 13.3. The second-order valence-corrected chi connectivity index (χ2v) is 20.1. The molecule has 454 valence electrons. The number of benzene rings is 5. The van der Waals surface area contributed by atoms with Crippen LogP contribution in [-0.4, -0.2) is 166 Å². The lowest BCUT2D eigenvalue weighted by atomic mass is 10.0. The van der Waals surface area contributed by atoms with Gasteiger partial charge in [-0.05, 0) is 108 Å². The third kappa shape index (κ3) is 25.1. The predicted octanol–water partition coefficient (Wildman–Crippen LogP) is 7.38. The van der Waals surface area contributed by atoms with Gasteiger partial charge in [0, 0.05) is 36.8 Å². The highest BCUT2D eigenvalue weighted by molar-refractivity contribution is 5.74. The summed E-state index contributed by atoms with van der Waals surface area (Å²) in [6, 6.07) is 32.2. The highest BCUT2D eigenvalue weighted by Crippen LogP contribution is 2.29. The number of hydrogen-bond acceptors (Lipinski definition) is 16. The van der Waals surface area contributed by atoms with Crippen molar-refractivity contribution >= 4 is 35.8 Å². The number of hydrogen-bond donors (Lipinski definition) is 6. The number of carboxylic acid groups (broad SMARTS) is 6. The van der Waals surface area contributed by atoms with Gasteiger partial charge in [0.1, 0.15) is 61.8 Å². The van der Waals surface area contributed by atoms with Crippen LogP contribution in [0, 0.1) is 0 Å². The van der Waals surface area contributed by atoms with Crippen LogP contribution in [0.1, 0.15) is 78.5 Å². The van der Waals surface area contributed by atoms with E-state index in [2.05, 4.69) is 38.1 Å². The van der Waals surface area contributed by atoms with Crippen LogP contribution in [0.2, 0.25) is 0 Å². The maximum atomic E-state index is 12.2. The second kappa shape index (κ2) is 35.7. The highest BCUT2D eigenvalue weighted by Gasteiger charge is 2.28. The van der Waals surface area contributed by atoms with E-state index in [4.69, 9.17) is 33.5 Å². The predicted molar refractivity (Wildman–Crippen MR) is 307 cm³/mol. The summed E-state index contributed by atoms with van der Waals surface area (Å²) >= 11 is 0. The largest absolute Gasteiger partial charge is 0.489 e. The quantitative estimate of drug-likeness (QED) is 0.0164. The fourth-order valence-corrected chi connectivity index (χ4v) is 9.03. The number of aliphatic carboxylic acids is 6. The summed E-state index contributed by atoms with van der Waals surface area (Å²) in [5.74, 6) is -5.75. The molecule has 0 aliphatic rings. The van der Waals surface area contributed by atoms with Crippen molar-refractivity contribution in [1.82, 2.24) is 14.7 Å². The van der Waals surface area contributed by atoms with Crippen LogP contribution >= 0.6 is 0 Å². The zero-order valence-electron chi connectivity index (χ0n) is 47.7. The van der Waals surface area contributed by atoms with E-state index in [1.54, 1.807) is 60.7 Å². The van der Waals surface area contributed by atoms with Crippen molar-refractivity contribution in [3.8, 4) is 28.7 Å². The molecule has 0 bridgehead atoms. The number of ether oxygens (including phenoxy) is 5. The Balaban J connectivity index is 1.41. The first-order chi connectivity index (χ1) is 40.4. The molecule has 2 atom stereocenters. The molecule has 0 aromatic heterocycles. The highest BCUT2D eigenvalue weighted by atomic mass is 17.2. The van der Waals surface area contributed by atoms with Gasteiger partial charge in [-0.25, -0.2) is 9.78 Å². The van der Waals surface area contributed by atoms with Crippen LogP contribution in [0.25, 0.3) is 0 Å². The molecule has 0 radical (unpaired) electrons. The van der Waals surface area contributed by atoms with Crippen molar-refractivity contribution in [2.45, 2.75) is 97.2 Å². The summed E-state index contributed by atoms with van der Waals surface area (Å²) in [5.41, 5.74) is 5.91. The smallest absolute Gasteiger partial charge is 0.317 e. The van der Waals surface area contributed by atoms with Gasteiger partial charge < -0.3 is 54.3 Å². The summed E-state index contributed by atoms with van der Waals surface area (Å²) in [5, 5.41) is 58.2. The van der Waals surface area contributed by atoms with E-state index in [-0.39, 0.29) is 64.7 Å². The molecule has 0 aliphatic carbocycles. The molecule has 0 fully saturated rings. The lowest BCUT2D eigenvalue weighted by Crippen LogP contribution is -2.51. The monoisotopic (exact) mass is 1170 g/mol. The van der Waals surface area contributed by atoms with E-state index in [0.717, 1.165) is 54.6 Å². The molecule has 2 unspecified atom stereocenters. The summed E-state index contributed by atoms with van der Waals surface area (Å²) in [6.45, 7) is 0.605. The minimum absolute atomic E-state index is 0.00464. The Morgan fingerprint density at radius 3 is 1.36 bits per heavy atom. The Labute approximate surface area is 488 Å². The van der Waals surface area contributed by atoms with Crippen molar-refractivity contribution in [1.29, 1.82) is 0 Å². The van der Waals surface area contributed by atoms with Crippen molar-refractivity contribution in [2.75, 3.05) is 72.7 Å². The molecule has 84 heavy (non-hydrogen) atoms. The van der Waals surface area contributed by atoms with Crippen LogP contribution in [0.3, 0.4) is 0 Å². The zero-order valence-corrected chi connectivity index (χ0v) is 47.7. The summed E-state index contributed by atoms with van der Waals surface area (Å²) in [7, 11) is 1.38. The molecule has 22 nitrogen and oxygen atoms in total. The second-order valence-electron chi connectivity index (χ2n) is 20.1. The molecular weight excluding hydrogens is 1090 g/mol. The molecule has 0 saturated carbocycles. The maximum absolute atomic E-state index is 12.2. The molecular formula is C62H77N3O19. The Morgan fingerprint density at radius 2 is 0.893 bits per heavy atom. The van der Waals surface area contributed by atoms with Gasteiger partial charge in [-0.3, -0.25) is 43.5 Å².